The molecule has 0 amide bonds. The Morgan fingerprint density at radius 1 is 1.23 bits per heavy atom. The van der Waals surface area contributed by atoms with Gasteiger partial charge in [-0.3, -0.25) is 20.2 Å². The van der Waals surface area contributed by atoms with Crippen molar-refractivity contribution in [1.29, 1.82) is 0 Å². The number of halogens is 3. The fourth-order valence-corrected chi connectivity index (χ4v) is 2.47. The molecule has 120 valence electrons. The molecule has 0 bridgehead atoms. The first-order chi connectivity index (χ1) is 9.95. The van der Waals surface area contributed by atoms with Gasteiger partial charge < -0.3 is 4.90 Å². The van der Waals surface area contributed by atoms with Crippen molar-refractivity contribution in [2.45, 2.75) is 11.1 Å². The van der Waals surface area contributed by atoms with Gasteiger partial charge in [0.25, 0.3) is 11.4 Å². The highest BCUT2D eigenvalue weighted by molar-refractivity contribution is 8.23. The predicted molar refractivity (Wildman–Crippen MR) is 76.9 cm³/mol. The molecule has 0 radical (unpaired) electrons. The summed E-state index contributed by atoms with van der Waals surface area (Å²) >= 11 is 5.19. The number of hydrogen-bond donors (Lipinski definition) is 0. The van der Waals surface area contributed by atoms with Crippen LogP contribution in [0.25, 0.3) is 0 Å². The number of benzene rings is 1. The Labute approximate surface area is 131 Å². The molecule has 0 spiro atoms. The predicted octanol–water partition coefficient (Wildman–Crippen LogP) is 3.46. The molecule has 0 atom stereocenters. The molecule has 1 rings (SSSR count). The summed E-state index contributed by atoms with van der Waals surface area (Å²) in [6, 6.07) is 0.740. The van der Waals surface area contributed by atoms with Crippen LogP contribution in [0.15, 0.2) is 17.0 Å². The van der Waals surface area contributed by atoms with Crippen LogP contribution < -0.4 is 0 Å². The molecular formula is C10H8F3N3O4S2. The number of rotatable bonds is 3. The zero-order valence-corrected chi connectivity index (χ0v) is 12.7. The molecule has 22 heavy (non-hydrogen) atoms. The Balaban J connectivity index is 3.65. The third kappa shape index (κ3) is 4.04. The maximum atomic E-state index is 13.1. The van der Waals surface area contributed by atoms with Crippen LogP contribution in [-0.2, 0) is 6.18 Å². The Morgan fingerprint density at radius 2 is 1.77 bits per heavy atom. The Morgan fingerprint density at radius 3 is 2.14 bits per heavy atom. The summed E-state index contributed by atoms with van der Waals surface area (Å²) in [6.07, 6.45) is -5.00. The van der Waals surface area contributed by atoms with Crippen LogP contribution in [0.4, 0.5) is 24.5 Å². The molecule has 7 nitrogen and oxygen atoms in total. The van der Waals surface area contributed by atoms with E-state index in [0.29, 0.717) is 17.8 Å². The number of hydrogen-bond acceptors (Lipinski definition) is 6. The third-order valence-electron chi connectivity index (χ3n) is 2.32. The van der Waals surface area contributed by atoms with E-state index in [0.717, 1.165) is 0 Å². The van der Waals surface area contributed by atoms with E-state index < -0.39 is 37.9 Å². The SMILES string of the molecule is CN(C)C(=S)Sc1c([N+](=O)[O-])cc([N+](=O)[O-])cc1C(F)(F)F. The van der Waals surface area contributed by atoms with E-state index in [2.05, 4.69) is 0 Å². The monoisotopic (exact) mass is 355 g/mol. The molecule has 1 aromatic rings. The highest BCUT2D eigenvalue weighted by Crippen LogP contribution is 2.44. The summed E-state index contributed by atoms with van der Waals surface area (Å²) in [5, 5.41) is 21.6. The second kappa shape index (κ2) is 6.44. The fourth-order valence-electron chi connectivity index (χ4n) is 1.34. The average molecular weight is 355 g/mol. The number of nitro groups is 2. The quantitative estimate of drug-likeness (QED) is 0.355. The lowest BCUT2D eigenvalue weighted by Gasteiger charge is -2.16. The van der Waals surface area contributed by atoms with Gasteiger partial charge in [-0.05, 0) is 0 Å². The molecular weight excluding hydrogens is 347 g/mol. The molecule has 0 unspecified atom stereocenters. The number of nitrogens with zero attached hydrogens (tertiary/aromatic N) is 3. The average Bonchev–Trinajstić information content (AvgIpc) is 2.36. The minimum absolute atomic E-state index is 0.0533. The van der Waals surface area contributed by atoms with Crippen LogP contribution in [-0.4, -0.2) is 33.2 Å². The van der Waals surface area contributed by atoms with Crippen molar-refractivity contribution in [3.8, 4) is 0 Å². The standard InChI is InChI=1S/C10H8F3N3O4S2/c1-14(2)9(21)22-8-6(10(11,12)13)3-5(15(17)18)4-7(8)16(19)20/h3-4H,1-2H3. The molecule has 0 saturated carbocycles. The maximum Gasteiger partial charge on any atom is 0.418 e. The Bertz CT molecular complexity index is 649. The second-order valence-electron chi connectivity index (χ2n) is 4.12. The zero-order chi connectivity index (χ0) is 17.2. The van der Waals surface area contributed by atoms with Crippen LogP contribution >= 0.6 is 24.0 Å². The van der Waals surface area contributed by atoms with Crippen molar-refractivity contribution in [3.05, 3.63) is 37.9 Å². The molecule has 0 aliphatic heterocycles. The summed E-state index contributed by atoms with van der Waals surface area (Å²) in [5.74, 6) is 0. The lowest BCUT2D eigenvalue weighted by atomic mass is 10.1. The number of non-ortho nitro benzene ring substituents is 1. The van der Waals surface area contributed by atoms with E-state index >= 15 is 0 Å². The molecule has 0 saturated heterocycles. The summed E-state index contributed by atoms with van der Waals surface area (Å²) < 4.78 is 39.2. The van der Waals surface area contributed by atoms with E-state index in [9.17, 15) is 33.4 Å². The number of thioether (sulfide) groups is 1. The molecule has 0 fully saturated rings. The van der Waals surface area contributed by atoms with E-state index in [1.807, 2.05) is 0 Å². The van der Waals surface area contributed by atoms with Crippen LogP contribution in [0.3, 0.4) is 0 Å². The van der Waals surface area contributed by atoms with Crippen molar-refractivity contribution in [2.75, 3.05) is 14.1 Å². The van der Waals surface area contributed by atoms with Gasteiger partial charge in [0.05, 0.1) is 21.5 Å². The van der Waals surface area contributed by atoms with Gasteiger partial charge in [-0.1, -0.05) is 24.0 Å². The molecule has 0 aliphatic rings. The Hall–Kier alpha value is -1.95. The topological polar surface area (TPSA) is 89.5 Å². The summed E-state index contributed by atoms with van der Waals surface area (Å²) in [7, 11) is 2.92. The van der Waals surface area contributed by atoms with Crippen molar-refractivity contribution < 1.29 is 23.0 Å². The smallest absolute Gasteiger partial charge is 0.363 e. The van der Waals surface area contributed by atoms with Gasteiger partial charge >= 0.3 is 6.18 Å². The van der Waals surface area contributed by atoms with Gasteiger partial charge in [-0.25, -0.2) is 0 Å². The van der Waals surface area contributed by atoms with Gasteiger partial charge in [-0.15, -0.1) is 0 Å². The third-order valence-corrected chi connectivity index (χ3v) is 4.11. The number of thiocarbonyl (C=S) groups is 1. The normalized spacial score (nSPS) is 11.1. The van der Waals surface area contributed by atoms with Gasteiger partial charge in [0.2, 0.25) is 0 Å². The van der Waals surface area contributed by atoms with Crippen LogP contribution in [0.5, 0.6) is 0 Å². The highest BCUT2D eigenvalue weighted by atomic mass is 32.2. The van der Waals surface area contributed by atoms with E-state index in [4.69, 9.17) is 12.2 Å². The van der Waals surface area contributed by atoms with Crippen LogP contribution in [0, 0.1) is 20.2 Å². The molecule has 12 heteroatoms. The lowest BCUT2D eigenvalue weighted by molar-refractivity contribution is -0.396. The van der Waals surface area contributed by atoms with Gasteiger partial charge in [0.1, 0.15) is 9.22 Å². The van der Waals surface area contributed by atoms with Crippen molar-refractivity contribution in [2.24, 2.45) is 0 Å². The maximum absolute atomic E-state index is 13.1. The van der Waals surface area contributed by atoms with Gasteiger partial charge in [0.15, 0.2) is 0 Å². The minimum atomic E-state index is -5.00. The first kappa shape index (κ1) is 18.1. The van der Waals surface area contributed by atoms with Gasteiger partial charge in [-0.2, -0.15) is 13.2 Å². The Kier molecular flexibility index (Phi) is 5.30. The van der Waals surface area contributed by atoms with Crippen LogP contribution in [0.2, 0.25) is 0 Å². The lowest BCUT2D eigenvalue weighted by Crippen LogP contribution is -2.17. The van der Waals surface area contributed by atoms with E-state index in [1.165, 1.54) is 19.0 Å². The summed E-state index contributed by atoms with van der Waals surface area (Å²) in [6.45, 7) is 0. The summed E-state index contributed by atoms with van der Waals surface area (Å²) in [4.78, 5) is 19.9. The van der Waals surface area contributed by atoms with Crippen LogP contribution in [0.1, 0.15) is 5.56 Å². The van der Waals surface area contributed by atoms with Crippen molar-refractivity contribution in [1.82, 2.24) is 4.90 Å². The molecule has 0 aliphatic carbocycles. The van der Waals surface area contributed by atoms with Gasteiger partial charge in [0, 0.05) is 20.2 Å². The van der Waals surface area contributed by atoms with Crippen molar-refractivity contribution in [3.63, 3.8) is 0 Å². The molecule has 0 aromatic heterocycles. The minimum Gasteiger partial charge on any atom is -0.363 e. The molecule has 0 N–H and O–H groups in total. The van der Waals surface area contributed by atoms with Crippen molar-refractivity contribution >= 4 is 39.7 Å². The number of nitro benzene ring substituents is 2. The molecule has 1 aromatic carbocycles. The molecule has 0 heterocycles. The first-order valence-electron chi connectivity index (χ1n) is 5.38. The highest BCUT2D eigenvalue weighted by Gasteiger charge is 2.40. The zero-order valence-electron chi connectivity index (χ0n) is 11.1. The van der Waals surface area contributed by atoms with E-state index in [1.54, 1.807) is 0 Å². The fraction of sp³-hybridized carbons (Fsp3) is 0.300. The summed E-state index contributed by atoms with van der Waals surface area (Å²) in [5.41, 5.74) is -3.50. The van der Waals surface area contributed by atoms with E-state index in [-0.39, 0.29) is 10.4 Å². The second-order valence-corrected chi connectivity index (χ2v) is 5.76. The number of alkyl halides is 3. The first-order valence-corrected chi connectivity index (χ1v) is 6.60. The largest absolute Gasteiger partial charge is 0.418 e.